The average molecular weight is 489 g/mol. The predicted molar refractivity (Wildman–Crippen MR) is 108 cm³/mol. The van der Waals surface area contributed by atoms with Gasteiger partial charge in [-0.05, 0) is 42.5 Å². The van der Waals surface area contributed by atoms with Crippen LogP contribution in [0, 0.1) is 21.7 Å². The van der Waals surface area contributed by atoms with Gasteiger partial charge in [0.1, 0.15) is 5.02 Å². The zero-order valence-corrected chi connectivity index (χ0v) is 17.5. The maximum atomic E-state index is 13.7. The quantitative estimate of drug-likeness (QED) is 0.381. The number of nitro benzene ring substituents is 1. The van der Waals surface area contributed by atoms with Crippen LogP contribution in [0.5, 0.6) is 0 Å². The lowest BCUT2D eigenvalue weighted by Gasteiger charge is -2.24. The number of sulfonamides is 2. The molecule has 0 aliphatic rings. The second-order valence-corrected chi connectivity index (χ2v) is 10.2. The summed E-state index contributed by atoms with van der Waals surface area (Å²) in [5, 5.41) is 10.8. The van der Waals surface area contributed by atoms with Crippen molar-refractivity contribution < 1.29 is 30.5 Å². The van der Waals surface area contributed by atoms with Gasteiger partial charge in [-0.15, -0.1) is 0 Å². The smallest absolute Gasteiger partial charge is 0.258 e. The van der Waals surface area contributed by atoms with Crippen molar-refractivity contribution in [2.24, 2.45) is 0 Å². The molecule has 13 heteroatoms. The zero-order chi connectivity index (χ0) is 23.0. The van der Waals surface area contributed by atoms with E-state index in [-0.39, 0.29) is 14.4 Å². The van der Waals surface area contributed by atoms with Gasteiger partial charge in [0.2, 0.25) is 0 Å². The summed E-state index contributed by atoms with van der Waals surface area (Å²) < 4.78 is 80.0. The molecule has 0 bridgehead atoms. The lowest BCUT2D eigenvalue weighted by atomic mass is 10.3. The fraction of sp³-hybridized carbons (Fsp3) is 0. The first-order chi connectivity index (χ1) is 14.5. The molecule has 0 aliphatic heterocycles. The van der Waals surface area contributed by atoms with Crippen LogP contribution in [-0.4, -0.2) is 21.8 Å². The second-order valence-electron chi connectivity index (χ2n) is 5.99. The van der Waals surface area contributed by atoms with Crippen molar-refractivity contribution in [3.63, 3.8) is 0 Å². The van der Waals surface area contributed by atoms with Crippen LogP contribution >= 0.6 is 11.6 Å². The largest absolute Gasteiger partial charge is 0.289 e. The third-order valence-electron chi connectivity index (χ3n) is 4.00. The molecular formula is C18H11ClF2N2O6S2. The molecule has 0 saturated heterocycles. The molecule has 0 amide bonds. The molecule has 0 aliphatic carbocycles. The van der Waals surface area contributed by atoms with Crippen molar-refractivity contribution in [1.29, 1.82) is 0 Å². The Hall–Kier alpha value is -3.09. The first-order valence-electron chi connectivity index (χ1n) is 8.21. The molecule has 0 heterocycles. The number of halogens is 3. The van der Waals surface area contributed by atoms with E-state index >= 15 is 0 Å². The average Bonchev–Trinajstić information content (AvgIpc) is 2.70. The molecule has 8 nitrogen and oxygen atoms in total. The van der Waals surface area contributed by atoms with E-state index in [1.165, 1.54) is 18.2 Å². The summed E-state index contributed by atoms with van der Waals surface area (Å²) in [6.07, 6.45) is 0. The monoisotopic (exact) mass is 488 g/mol. The number of hydrogen-bond donors (Lipinski definition) is 0. The van der Waals surface area contributed by atoms with Gasteiger partial charge in [-0.2, -0.15) is 3.71 Å². The molecule has 0 radical (unpaired) electrons. The standard InChI is InChI=1S/C18H11ClF2N2O6S2/c19-15-8-6-14(11-18(15)22(24)25)31(28,29)23(12-4-2-1-3-5-12)30(26,27)13-7-9-16(20)17(21)10-13/h1-11H. The highest BCUT2D eigenvalue weighted by Crippen LogP contribution is 2.34. The maximum absolute atomic E-state index is 13.7. The third kappa shape index (κ3) is 4.22. The van der Waals surface area contributed by atoms with Crippen molar-refractivity contribution in [3.8, 4) is 0 Å². The van der Waals surface area contributed by atoms with Crippen molar-refractivity contribution in [2.45, 2.75) is 9.79 Å². The molecule has 3 rings (SSSR count). The Labute approximate surface area is 180 Å². The van der Waals surface area contributed by atoms with Gasteiger partial charge < -0.3 is 0 Å². The molecule has 0 fully saturated rings. The minimum Gasteiger partial charge on any atom is -0.258 e. The van der Waals surface area contributed by atoms with Gasteiger partial charge in [-0.3, -0.25) is 10.1 Å². The first-order valence-corrected chi connectivity index (χ1v) is 11.5. The van der Waals surface area contributed by atoms with Crippen molar-refractivity contribution in [3.05, 3.63) is 93.5 Å². The van der Waals surface area contributed by atoms with Gasteiger partial charge in [0.25, 0.3) is 25.7 Å². The molecule has 0 saturated carbocycles. The summed E-state index contributed by atoms with van der Waals surface area (Å²) in [5.74, 6) is -2.84. The minimum absolute atomic E-state index is 0.0142. The molecule has 3 aromatic carbocycles. The van der Waals surface area contributed by atoms with Crippen LogP contribution in [0.4, 0.5) is 20.2 Å². The highest BCUT2D eigenvalue weighted by molar-refractivity contribution is 8.10. The van der Waals surface area contributed by atoms with E-state index < -0.39 is 52.1 Å². The predicted octanol–water partition coefficient (Wildman–Crippen LogP) is 4.11. The number of anilines is 1. The van der Waals surface area contributed by atoms with Crippen molar-refractivity contribution in [2.75, 3.05) is 3.71 Å². The Kier molecular flexibility index (Phi) is 5.98. The summed E-state index contributed by atoms with van der Waals surface area (Å²) in [6, 6.07) is 10.5. The summed E-state index contributed by atoms with van der Waals surface area (Å²) in [4.78, 5) is 8.62. The van der Waals surface area contributed by atoms with Gasteiger partial charge >= 0.3 is 0 Å². The Balaban J connectivity index is 2.29. The highest BCUT2D eigenvalue weighted by atomic mass is 35.5. The SMILES string of the molecule is O=[N+]([O-])c1cc(S(=O)(=O)N(c2ccccc2)S(=O)(=O)c2ccc(F)c(F)c2)ccc1Cl. The van der Waals surface area contributed by atoms with Crippen molar-refractivity contribution >= 4 is 43.0 Å². The van der Waals surface area contributed by atoms with E-state index in [1.54, 1.807) is 0 Å². The molecule has 3 aromatic rings. The molecule has 0 aromatic heterocycles. The van der Waals surface area contributed by atoms with E-state index in [1.807, 2.05) is 0 Å². The van der Waals surface area contributed by atoms with Crippen LogP contribution in [-0.2, 0) is 20.0 Å². The molecular weight excluding hydrogens is 478 g/mol. The van der Waals surface area contributed by atoms with Crippen LogP contribution in [0.25, 0.3) is 0 Å². The zero-order valence-electron chi connectivity index (χ0n) is 15.1. The molecule has 0 spiro atoms. The number of hydrogen-bond acceptors (Lipinski definition) is 6. The Morgan fingerprint density at radius 1 is 0.806 bits per heavy atom. The Morgan fingerprint density at radius 2 is 1.35 bits per heavy atom. The van der Waals surface area contributed by atoms with E-state index in [0.717, 1.165) is 24.3 Å². The number of rotatable bonds is 6. The lowest BCUT2D eigenvalue weighted by molar-refractivity contribution is -0.384. The fourth-order valence-electron chi connectivity index (χ4n) is 2.58. The normalized spacial score (nSPS) is 11.8. The molecule has 0 atom stereocenters. The van der Waals surface area contributed by atoms with Crippen LogP contribution < -0.4 is 3.71 Å². The minimum atomic E-state index is -5.01. The number of nitrogens with zero attached hydrogens (tertiary/aromatic N) is 2. The summed E-state index contributed by atoms with van der Waals surface area (Å²) in [7, 11) is -10.00. The topological polar surface area (TPSA) is 115 Å². The molecule has 0 unspecified atom stereocenters. The van der Waals surface area contributed by atoms with Gasteiger partial charge in [0.05, 0.1) is 20.4 Å². The van der Waals surface area contributed by atoms with Gasteiger partial charge in [0.15, 0.2) is 11.6 Å². The maximum Gasteiger partial charge on any atom is 0.289 e. The summed E-state index contributed by atoms with van der Waals surface area (Å²) >= 11 is 5.71. The van der Waals surface area contributed by atoms with Gasteiger partial charge in [0, 0.05) is 6.07 Å². The highest BCUT2D eigenvalue weighted by Gasteiger charge is 2.38. The van der Waals surface area contributed by atoms with E-state index in [9.17, 15) is 35.7 Å². The number of para-hydroxylation sites is 1. The van der Waals surface area contributed by atoms with E-state index in [0.29, 0.717) is 24.3 Å². The van der Waals surface area contributed by atoms with Crippen LogP contribution in [0.2, 0.25) is 5.02 Å². The third-order valence-corrected chi connectivity index (χ3v) is 8.50. The number of benzene rings is 3. The summed E-state index contributed by atoms with van der Waals surface area (Å²) in [5.41, 5.74) is -1.12. The summed E-state index contributed by atoms with van der Waals surface area (Å²) in [6.45, 7) is 0. The first kappa shape index (κ1) is 22.6. The van der Waals surface area contributed by atoms with E-state index in [2.05, 4.69) is 0 Å². The van der Waals surface area contributed by atoms with Gasteiger partial charge in [-0.1, -0.05) is 29.8 Å². The molecule has 162 valence electrons. The Morgan fingerprint density at radius 3 is 1.90 bits per heavy atom. The fourth-order valence-corrected chi connectivity index (χ4v) is 6.49. The number of nitro groups is 1. The lowest BCUT2D eigenvalue weighted by Crippen LogP contribution is -2.37. The van der Waals surface area contributed by atoms with Crippen LogP contribution in [0.3, 0.4) is 0 Å². The molecule has 31 heavy (non-hydrogen) atoms. The van der Waals surface area contributed by atoms with E-state index in [4.69, 9.17) is 11.6 Å². The second kappa shape index (κ2) is 8.21. The van der Waals surface area contributed by atoms with Crippen molar-refractivity contribution in [1.82, 2.24) is 0 Å². The van der Waals surface area contributed by atoms with Crippen LogP contribution in [0.15, 0.2) is 76.5 Å². The Bertz CT molecular complexity index is 1380. The van der Waals surface area contributed by atoms with Crippen LogP contribution in [0.1, 0.15) is 0 Å². The molecule has 0 N–H and O–H groups in total. The van der Waals surface area contributed by atoms with Gasteiger partial charge in [-0.25, -0.2) is 25.6 Å².